The van der Waals surface area contributed by atoms with Gasteiger partial charge in [-0.25, -0.2) is 0 Å². The standard InChI is InChI=1S/C15H28N2/c16-15(9-3-4-10-15)12-17-11-5-8-14(17)13-6-1-2-7-13/h13-14H,1-12,16H2. The maximum atomic E-state index is 6.56. The molecular weight excluding hydrogens is 208 g/mol. The van der Waals surface area contributed by atoms with Crippen LogP contribution in [0.2, 0.25) is 0 Å². The van der Waals surface area contributed by atoms with Gasteiger partial charge in [-0.15, -0.1) is 0 Å². The zero-order chi connectivity index (χ0) is 11.7. The minimum Gasteiger partial charge on any atom is -0.324 e. The van der Waals surface area contributed by atoms with Crippen molar-refractivity contribution in [2.75, 3.05) is 13.1 Å². The second-order valence-electron chi connectivity index (χ2n) is 6.79. The fourth-order valence-electron chi connectivity index (χ4n) is 4.57. The van der Waals surface area contributed by atoms with Crippen molar-refractivity contribution in [3.8, 4) is 0 Å². The van der Waals surface area contributed by atoms with Gasteiger partial charge in [0.1, 0.15) is 0 Å². The van der Waals surface area contributed by atoms with E-state index in [0.717, 1.165) is 12.0 Å². The zero-order valence-corrected chi connectivity index (χ0v) is 11.2. The number of likely N-dealkylation sites (tertiary alicyclic amines) is 1. The highest BCUT2D eigenvalue weighted by Crippen LogP contribution is 2.37. The van der Waals surface area contributed by atoms with E-state index in [9.17, 15) is 0 Å². The molecule has 3 rings (SSSR count). The predicted molar refractivity (Wildman–Crippen MR) is 71.9 cm³/mol. The number of nitrogens with zero attached hydrogens (tertiary/aromatic N) is 1. The molecule has 2 aliphatic carbocycles. The van der Waals surface area contributed by atoms with Crippen molar-refractivity contribution in [1.82, 2.24) is 4.90 Å². The Morgan fingerprint density at radius 3 is 2.35 bits per heavy atom. The van der Waals surface area contributed by atoms with E-state index in [1.54, 1.807) is 0 Å². The molecule has 3 aliphatic rings. The molecule has 0 radical (unpaired) electrons. The summed E-state index contributed by atoms with van der Waals surface area (Å²) < 4.78 is 0. The van der Waals surface area contributed by atoms with Gasteiger partial charge in [0.05, 0.1) is 0 Å². The van der Waals surface area contributed by atoms with Gasteiger partial charge in [0.15, 0.2) is 0 Å². The maximum absolute atomic E-state index is 6.56. The molecule has 1 heterocycles. The average molecular weight is 236 g/mol. The van der Waals surface area contributed by atoms with Gasteiger partial charge in [-0.3, -0.25) is 4.90 Å². The van der Waals surface area contributed by atoms with Crippen LogP contribution in [0.4, 0.5) is 0 Å². The van der Waals surface area contributed by atoms with E-state index in [1.807, 2.05) is 0 Å². The Labute approximate surface area is 106 Å². The average Bonchev–Trinajstić information content (AvgIpc) is 2.98. The summed E-state index contributed by atoms with van der Waals surface area (Å²) in [6.07, 6.45) is 14.0. The minimum absolute atomic E-state index is 0.168. The highest BCUT2D eigenvalue weighted by atomic mass is 15.2. The summed E-state index contributed by atoms with van der Waals surface area (Å²) in [5.41, 5.74) is 6.73. The first-order valence-electron chi connectivity index (χ1n) is 7.80. The number of hydrogen-bond acceptors (Lipinski definition) is 2. The van der Waals surface area contributed by atoms with Gasteiger partial charge < -0.3 is 5.73 Å². The van der Waals surface area contributed by atoms with Gasteiger partial charge in [0.25, 0.3) is 0 Å². The third-order valence-electron chi connectivity index (χ3n) is 5.48. The molecule has 2 nitrogen and oxygen atoms in total. The molecule has 1 aliphatic heterocycles. The molecule has 2 heteroatoms. The fourth-order valence-corrected chi connectivity index (χ4v) is 4.57. The molecule has 98 valence electrons. The van der Waals surface area contributed by atoms with Crippen LogP contribution < -0.4 is 5.73 Å². The highest BCUT2D eigenvalue weighted by molar-refractivity contribution is 4.96. The van der Waals surface area contributed by atoms with Crippen molar-refractivity contribution >= 4 is 0 Å². The molecule has 0 amide bonds. The zero-order valence-electron chi connectivity index (χ0n) is 11.2. The van der Waals surface area contributed by atoms with E-state index in [0.29, 0.717) is 0 Å². The van der Waals surface area contributed by atoms with Gasteiger partial charge in [-0.05, 0) is 51.0 Å². The molecule has 0 bridgehead atoms. The summed E-state index contributed by atoms with van der Waals surface area (Å²) in [5.74, 6) is 1.00. The molecule has 1 atom stereocenters. The molecule has 0 aromatic carbocycles. The van der Waals surface area contributed by atoms with E-state index in [1.165, 1.54) is 77.3 Å². The summed E-state index contributed by atoms with van der Waals surface area (Å²) in [4.78, 5) is 2.77. The van der Waals surface area contributed by atoms with Crippen molar-refractivity contribution in [2.45, 2.75) is 75.8 Å². The Balaban J connectivity index is 1.61. The van der Waals surface area contributed by atoms with Gasteiger partial charge in [-0.2, -0.15) is 0 Å². The van der Waals surface area contributed by atoms with Gasteiger partial charge in [0.2, 0.25) is 0 Å². The van der Waals surface area contributed by atoms with Gasteiger partial charge in [0, 0.05) is 18.1 Å². The van der Waals surface area contributed by atoms with Gasteiger partial charge in [-0.1, -0.05) is 25.7 Å². The fraction of sp³-hybridized carbons (Fsp3) is 1.00. The molecule has 1 saturated heterocycles. The quantitative estimate of drug-likeness (QED) is 0.816. The van der Waals surface area contributed by atoms with Crippen LogP contribution >= 0.6 is 0 Å². The third kappa shape index (κ3) is 2.53. The topological polar surface area (TPSA) is 29.3 Å². The highest BCUT2D eigenvalue weighted by Gasteiger charge is 2.38. The second kappa shape index (κ2) is 4.89. The molecule has 2 N–H and O–H groups in total. The summed E-state index contributed by atoms with van der Waals surface area (Å²) in [6, 6.07) is 0.888. The van der Waals surface area contributed by atoms with Crippen LogP contribution in [0.5, 0.6) is 0 Å². The van der Waals surface area contributed by atoms with Crippen LogP contribution in [0.1, 0.15) is 64.2 Å². The lowest BCUT2D eigenvalue weighted by molar-refractivity contribution is 0.152. The lowest BCUT2D eigenvalue weighted by Crippen LogP contribution is -2.50. The molecule has 2 saturated carbocycles. The van der Waals surface area contributed by atoms with Crippen LogP contribution in [0.15, 0.2) is 0 Å². The normalized spacial score (nSPS) is 34.8. The monoisotopic (exact) mass is 236 g/mol. The van der Waals surface area contributed by atoms with E-state index in [-0.39, 0.29) is 5.54 Å². The second-order valence-corrected chi connectivity index (χ2v) is 6.79. The number of hydrogen-bond donors (Lipinski definition) is 1. The predicted octanol–water partition coefficient (Wildman–Crippen LogP) is 2.91. The SMILES string of the molecule is NC1(CN2CCCC2C2CCCC2)CCCC1. The Hall–Kier alpha value is -0.0800. The van der Waals surface area contributed by atoms with Crippen molar-refractivity contribution in [2.24, 2.45) is 11.7 Å². The molecule has 17 heavy (non-hydrogen) atoms. The number of nitrogens with two attached hydrogens (primary N) is 1. The Kier molecular flexibility index (Phi) is 3.45. The first-order valence-corrected chi connectivity index (χ1v) is 7.80. The molecule has 0 aromatic heterocycles. The smallest absolute Gasteiger partial charge is 0.0283 e. The summed E-state index contributed by atoms with van der Waals surface area (Å²) in [6.45, 7) is 2.51. The minimum atomic E-state index is 0.168. The molecule has 0 spiro atoms. The van der Waals surface area contributed by atoms with E-state index < -0.39 is 0 Å². The van der Waals surface area contributed by atoms with Crippen LogP contribution in [-0.2, 0) is 0 Å². The summed E-state index contributed by atoms with van der Waals surface area (Å²) >= 11 is 0. The first kappa shape index (κ1) is 12.0. The van der Waals surface area contributed by atoms with Crippen LogP contribution in [0.3, 0.4) is 0 Å². The molecule has 0 aromatic rings. The molecule has 3 fully saturated rings. The Morgan fingerprint density at radius 1 is 0.941 bits per heavy atom. The Morgan fingerprint density at radius 2 is 1.65 bits per heavy atom. The van der Waals surface area contributed by atoms with Gasteiger partial charge >= 0.3 is 0 Å². The van der Waals surface area contributed by atoms with E-state index >= 15 is 0 Å². The molecule has 1 unspecified atom stereocenters. The Bertz CT molecular complexity index is 252. The maximum Gasteiger partial charge on any atom is 0.0283 e. The van der Waals surface area contributed by atoms with Crippen LogP contribution in [0, 0.1) is 5.92 Å². The van der Waals surface area contributed by atoms with Crippen LogP contribution in [0.25, 0.3) is 0 Å². The largest absolute Gasteiger partial charge is 0.324 e. The summed E-state index contributed by atoms with van der Waals surface area (Å²) in [5, 5.41) is 0. The lowest BCUT2D eigenvalue weighted by Gasteiger charge is -2.36. The van der Waals surface area contributed by atoms with Crippen molar-refractivity contribution in [3.05, 3.63) is 0 Å². The summed E-state index contributed by atoms with van der Waals surface area (Å²) in [7, 11) is 0. The molecular formula is C15H28N2. The van der Waals surface area contributed by atoms with Crippen LogP contribution in [-0.4, -0.2) is 29.6 Å². The van der Waals surface area contributed by atoms with E-state index in [4.69, 9.17) is 5.73 Å². The van der Waals surface area contributed by atoms with Crippen molar-refractivity contribution in [1.29, 1.82) is 0 Å². The number of rotatable bonds is 3. The van der Waals surface area contributed by atoms with Crippen molar-refractivity contribution in [3.63, 3.8) is 0 Å². The van der Waals surface area contributed by atoms with Crippen molar-refractivity contribution < 1.29 is 0 Å². The lowest BCUT2D eigenvalue weighted by atomic mass is 9.93. The third-order valence-corrected chi connectivity index (χ3v) is 5.48. The van der Waals surface area contributed by atoms with E-state index in [2.05, 4.69) is 4.90 Å². The first-order chi connectivity index (χ1) is 8.27.